The number of allylic oxidation sites excluding steroid dienone is 1. The molecule has 7 rings (SSSR count). The Morgan fingerprint density at radius 2 is 2.12 bits per heavy atom. The van der Waals surface area contributed by atoms with Crippen LogP contribution in [0.1, 0.15) is 32.3 Å². The molecule has 6 aliphatic rings. The van der Waals surface area contributed by atoms with Gasteiger partial charge in [-0.05, 0) is 37.3 Å². The summed E-state index contributed by atoms with van der Waals surface area (Å²) in [4.78, 5) is 17.4. The van der Waals surface area contributed by atoms with Crippen LogP contribution in [0, 0.1) is 11.8 Å². The Morgan fingerprint density at radius 3 is 2.88 bits per heavy atom. The van der Waals surface area contributed by atoms with E-state index >= 15 is 0 Å². The number of likely N-dealkylation sites (N-methyl/N-ethyl adjacent to an activating group) is 1. The predicted molar refractivity (Wildman–Crippen MR) is 100 cm³/mol. The number of anilines is 1. The molecule has 5 heterocycles. The zero-order chi connectivity index (χ0) is 17.8. The third kappa shape index (κ3) is 1.47. The number of hydrogen-bond acceptors (Lipinski definition) is 4. The third-order valence-corrected chi connectivity index (χ3v) is 8.26. The molecule has 5 fully saturated rings. The number of carbonyl (C=O) groups excluding carboxylic acids is 1. The average Bonchev–Trinajstić information content (AvgIpc) is 3.04. The first kappa shape index (κ1) is 15.3. The minimum atomic E-state index is -0.126. The Kier molecular flexibility index (Phi) is 2.77. The largest absolute Gasteiger partial charge is 0.461 e. The van der Waals surface area contributed by atoms with Crippen molar-refractivity contribution in [3.63, 3.8) is 0 Å². The maximum Gasteiger partial charge on any atom is 0.302 e. The fraction of sp³-hybridized carbons (Fsp3) is 0.591. The van der Waals surface area contributed by atoms with Crippen molar-refractivity contribution in [2.45, 2.75) is 56.3 Å². The second kappa shape index (κ2) is 4.72. The van der Waals surface area contributed by atoms with E-state index in [-0.39, 0.29) is 17.5 Å². The molecular formula is C22H26N2O2. The molecule has 0 N–H and O–H groups in total. The van der Waals surface area contributed by atoms with E-state index in [1.54, 1.807) is 12.5 Å². The van der Waals surface area contributed by atoms with Gasteiger partial charge in [0.2, 0.25) is 0 Å². The maximum absolute atomic E-state index is 12.1. The fourth-order valence-electron chi connectivity index (χ4n) is 7.68. The summed E-state index contributed by atoms with van der Waals surface area (Å²) in [7, 11) is 2.25. The summed E-state index contributed by atoms with van der Waals surface area (Å²) in [5, 5.41) is 0. The van der Waals surface area contributed by atoms with Crippen LogP contribution in [0.4, 0.5) is 5.69 Å². The molecule has 1 saturated carbocycles. The van der Waals surface area contributed by atoms with E-state index in [0.717, 1.165) is 13.0 Å². The van der Waals surface area contributed by atoms with Crippen molar-refractivity contribution in [2.24, 2.45) is 11.8 Å². The lowest BCUT2D eigenvalue weighted by molar-refractivity contribution is -0.152. The molecule has 5 aliphatic heterocycles. The number of hydrogen-bond donors (Lipinski definition) is 0. The van der Waals surface area contributed by atoms with Crippen molar-refractivity contribution in [1.82, 2.24) is 4.90 Å². The van der Waals surface area contributed by atoms with Gasteiger partial charge in [-0.2, -0.15) is 0 Å². The highest BCUT2D eigenvalue weighted by molar-refractivity contribution is 5.70. The highest BCUT2D eigenvalue weighted by atomic mass is 16.5. The van der Waals surface area contributed by atoms with Crippen molar-refractivity contribution < 1.29 is 9.53 Å². The molecule has 4 heteroatoms. The lowest BCUT2D eigenvalue weighted by atomic mass is 9.65. The van der Waals surface area contributed by atoms with Crippen molar-refractivity contribution in [1.29, 1.82) is 0 Å². The van der Waals surface area contributed by atoms with E-state index in [2.05, 4.69) is 54.1 Å². The number of ether oxygens (including phenoxy) is 1. The first-order valence-corrected chi connectivity index (χ1v) is 9.98. The molecule has 0 radical (unpaired) electrons. The van der Waals surface area contributed by atoms with Crippen LogP contribution in [0.25, 0.3) is 0 Å². The molecule has 8 unspecified atom stereocenters. The fourth-order valence-corrected chi connectivity index (χ4v) is 7.68. The molecule has 4 nitrogen and oxygen atoms in total. The lowest BCUT2D eigenvalue weighted by Crippen LogP contribution is -2.68. The topological polar surface area (TPSA) is 32.8 Å². The van der Waals surface area contributed by atoms with E-state index in [0.29, 0.717) is 30.0 Å². The van der Waals surface area contributed by atoms with Crippen LogP contribution in [0.15, 0.2) is 35.9 Å². The van der Waals surface area contributed by atoms with Gasteiger partial charge in [-0.15, -0.1) is 0 Å². The van der Waals surface area contributed by atoms with E-state index in [1.165, 1.54) is 17.7 Å². The normalized spacial score (nSPS) is 48.0. The van der Waals surface area contributed by atoms with Crippen molar-refractivity contribution in [2.75, 3.05) is 18.5 Å². The Bertz CT molecular complexity index is 848. The maximum atomic E-state index is 12.1. The van der Waals surface area contributed by atoms with Crippen LogP contribution in [-0.2, 0) is 14.9 Å². The van der Waals surface area contributed by atoms with Crippen molar-refractivity contribution >= 4 is 11.7 Å². The van der Waals surface area contributed by atoms with Gasteiger partial charge in [-0.3, -0.25) is 9.69 Å². The van der Waals surface area contributed by atoms with Gasteiger partial charge < -0.3 is 9.64 Å². The van der Waals surface area contributed by atoms with Gasteiger partial charge in [0.15, 0.2) is 0 Å². The van der Waals surface area contributed by atoms with Gasteiger partial charge in [0, 0.05) is 44.2 Å². The third-order valence-electron chi connectivity index (χ3n) is 8.26. The molecule has 26 heavy (non-hydrogen) atoms. The molecule has 136 valence electrons. The smallest absolute Gasteiger partial charge is 0.302 e. The van der Waals surface area contributed by atoms with Gasteiger partial charge in [0.1, 0.15) is 6.10 Å². The second-order valence-corrected chi connectivity index (χ2v) is 8.94. The molecule has 0 aromatic heterocycles. The molecule has 1 aromatic carbocycles. The Hall–Kier alpha value is -1.81. The predicted octanol–water partition coefficient (Wildman–Crippen LogP) is 2.73. The summed E-state index contributed by atoms with van der Waals surface area (Å²) in [6, 6.07) is 10.4. The summed E-state index contributed by atoms with van der Waals surface area (Å²) in [5.74, 6) is 0.897. The van der Waals surface area contributed by atoms with Crippen LogP contribution in [0.2, 0.25) is 0 Å². The number of rotatable bonds is 1. The molecule has 8 atom stereocenters. The molecule has 5 bridgehead atoms. The van der Waals surface area contributed by atoms with E-state index in [4.69, 9.17) is 4.74 Å². The monoisotopic (exact) mass is 350 g/mol. The van der Waals surface area contributed by atoms with Gasteiger partial charge in [0.25, 0.3) is 0 Å². The molecule has 4 saturated heterocycles. The van der Waals surface area contributed by atoms with Gasteiger partial charge in [-0.1, -0.05) is 29.8 Å². The first-order chi connectivity index (χ1) is 12.6. The minimum absolute atomic E-state index is 0.00338. The standard InChI is InChI=1S/C22H26N2O2/c1-4-13-11-24-17-9-14(13)19-18(24)10-22(21(19)26-12(2)25)15-7-5-6-8-16(15)23(3)20(17)22/h4-8,14,17-21H,9-11H2,1-3H3. The van der Waals surface area contributed by atoms with E-state index in [9.17, 15) is 4.79 Å². The van der Waals surface area contributed by atoms with Crippen LogP contribution in [-0.4, -0.2) is 48.7 Å². The number of esters is 1. The number of fused-ring (bicyclic) bond motifs is 2. The molecule has 1 aromatic rings. The van der Waals surface area contributed by atoms with E-state index in [1.807, 2.05) is 0 Å². The summed E-state index contributed by atoms with van der Waals surface area (Å²) < 4.78 is 6.19. The second-order valence-electron chi connectivity index (χ2n) is 8.94. The summed E-state index contributed by atoms with van der Waals surface area (Å²) >= 11 is 0. The number of nitrogens with zero attached hydrogens (tertiary/aromatic N) is 2. The number of carbonyl (C=O) groups is 1. The summed E-state index contributed by atoms with van der Waals surface area (Å²) in [5.41, 5.74) is 4.28. The van der Waals surface area contributed by atoms with Crippen LogP contribution < -0.4 is 4.90 Å². The van der Waals surface area contributed by atoms with Crippen LogP contribution in [0.3, 0.4) is 0 Å². The molecular weight excluding hydrogens is 324 g/mol. The van der Waals surface area contributed by atoms with E-state index < -0.39 is 0 Å². The Balaban J connectivity index is 1.61. The first-order valence-electron chi connectivity index (χ1n) is 9.98. The summed E-state index contributed by atoms with van der Waals surface area (Å²) in [6.07, 6.45) is 4.66. The SMILES string of the molecule is CC=C1CN2C3CC45c6ccccc6N(C)C4C2CC1C3C5OC(C)=O. The highest BCUT2D eigenvalue weighted by Crippen LogP contribution is 2.68. The Labute approximate surface area is 154 Å². The number of piperidine rings is 4. The molecule has 1 spiro atoms. The highest BCUT2D eigenvalue weighted by Gasteiger charge is 2.75. The Morgan fingerprint density at radius 1 is 1.31 bits per heavy atom. The zero-order valence-electron chi connectivity index (χ0n) is 15.7. The van der Waals surface area contributed by atoms with Gasteiger partial charge in [0.05, 0.1) is 11.5 Å². The van der Waals surface area contributed by atoms with Gasteiger partial charge >= 0.3 is 5.97 Å². The number of benzene rings is 1. The van der Waals surface area contributed by atoms with Crippen LogP contribution in [0.5, 0.6) is 0 Å². The quantitative estimate of drug-likeness (QED) is 0.576. The van der Waals surface area contributed by atoms with Crippen molar-refractivity contribution in [3.8, 4) is 0 Å². The van der Waals surface area contributed by atoms with Crippen LogP contribution >= 0.6 is 0 Å². The average molecular weight is 350 g/mol. The zero-order valence-corrected chi connectivity index (χ0v) is 15.7. The van der Waals surface area contributed by atoms with Gasteiger partial charge in [-0.25, -0.2) is 0 Å². The van der Waals surface area contributed by atoms with Crippen molar-refractivity contribution in [3.05, 3.63) is 41.5 Å². The summed E-state index contributed by atoms with van der Waals surface area (Å²) in [6.45, 7) is 4.86. The molecule has 0 amide bonds. The number of para-hydroxylation sites is 1. The molecule has 1 aliphatic carbocycles. The minimum Gasteiger partial charge on any atom is -0.461 e. The lowest BCUT2D eigenvalue weighted by Gasteiger charge is -2.58.